The number of hydrogen-bond donors (Lipinski definition) is 0. The lowest BCUT2D eigenvalue weighted by molar-refractivity contribution is 0.0417. The summed E-state index contributed by atoms with van der Waals surface area (Å²) in [5.74, 6) is 1.43. The molecule has 4 atom stereocenters. The Morgan fingerprint density at radius 1 is 1.27 bits per heavy atom. The average Bonchev–Trinajstić information content (AvgIpc) is 2.76. The van der Waals surface area contributed by atoms with E-state index in [2.05, 4.69) is 39.5 Å². The lowest BCUT2D eigenvalue weighted by atomic mass is 9.83. The molecule has 1 nitrogen and oxygen atoms in total. The summed E-state index contributed by atoms with van der Waals surface area (Å²) in [4.78, 5) is 2.44. The Hall–Kier alpha value is -0.110. The predicted octanol–water partition coefficient (Wildman–Crippen LogP) is 3.10. The van der Waals surface area contributed by atoms with E-state index in [-0.39, 0.29) is 18.1 Å². The first-order valence-electron chi connectivity index (χ1n) is 6.21. The fraction of sp³-hybridized carbons (Fsp3) is 1.00. The number of fused-ring (bicyclic) bond motifs is 1. The van der Waals surface area contributed by atoms with Gasteiger partial charge in [0.15, 0.2) is 0 Å². The lowest BCUT2D eigenvalue weighted by Crippen LogP contribution is -2.50. The van der Waals surface area contributed by atoms with Crippen LogP contribution in [-0.4, -0.2) is 29.7 Å². The van der Waals surface area contributed by atoms with Gasteiger partial charge < -0.3 is 0 Å². The molecule has 0 aromatic carbocycles. The summed E-state index contributed by atoms with van der Waals surface area (Å²) in [5.41, 5.74) is 0.285. The van der Waals surface area contributed by atoms with Gasteiger partial charge in [-0.2, -0.15) is 0 Å². The third-order valence-electron chi connectivity index (χ3n) is 4.14. The second kappa shape index (κ2) is 3.44. The minimum Gasteiger partial charge on any atom is -0.291 e. The van der Waals surface area contributed by atoms with Crippen LogP contribution in [0.2, 0.25) is 0 Å². The van der Waals surface area contributed by atoms with Crippen LogP contribution in [0.3, 0.4) is 0 Å². The van der Waals surface area contributed by atoms with Crippen LogP contribution in [0.15, 0.2) is 0 Å². The molecule has 0 aromatic rings. The van der Waals surface area contributed by atoms with Crippen molar-refractivity contribution in [3.63, 3.8) is 0 Å². The third-order valence-corrected chi connectivity index (χ3v) is 4.14. The summed E-state index contributed by atoms with van der Waals surface area (Å²) in [7, 11) is 0. The van der Waals surface area contributed by atoms with E-state index in [1.54, 1.807) is 0 Å². The SMILES string of the molecule is CC(C)N1C(C(C)(C)C)[C@@H]2C[C@@H]2[C@@H]1CF. The Morgan fingerprint density at radius 3 is 2.27 bits per heavy atom. The molecule has 2 fully saturated rings. The van der Waals surface area contributed by atoms with Gasteiger partial charge in [-0.25, -0.2) is 4.39 Å². The maximum atomic E-state index is 13.1. The minimum absolute atomic E-state index is 0.161. The number of alkyl halides is 1. The highest BCUT2D eigenvalue weighted by atomic mass is 19.1. The van der Waals surface area contributed by atoms with Gasteiger partial charge in [0.05, 0.1) is 0 Å². The number of piperidine rings is 1. The van der Waals surface area contributed by atoms with E-state index in [9.17, 15) is 4.39 Å². The van der Waals surface area contributed by atoms with Gasteiger partial charge in [-0.05, 0) is 37.5 Å². The standard InChI is InChI=1S/C13H24FN/c1-8(2)15-11(7-14)9-6-10(9)12(15)13(3,4)5/h8-12H,6-7H2,1-5H3/t9-,10+,11-,12?/m0/s1. The van der Waals surface area contributed by atoms with Gasteiger partial charge in [-0.15, -0.1) is 0 Å². The molecule has 88 valence electrons. The molecule has 1 saturated carbocycles. The van der Waals surface area contributed by atoms with E-state index in [4.69, 9.17) is 0 Å². The molecule has 1 heterocycles. The van der Waals surface area contributed by atoms with Crippen LogP contribution in [0.5, 0.6) is 0 Å². The van der Waals surface area contributed by atoms with E-state index >= 15 is 0 Å². The molecule has 0 amide bonds. The molecular formula is C13H24FN. The van der Waals surface area contributed by atoms with Crippen molar-refractivity contribution in [2.75, 3.05) is 6.67 Å². The molecule has 0 spiro atoms. The van der Waals surface area contributed by atoms with Gasteiger partial charge >= 0.3 is 0 Å². The van der Waals surface area contributed by atoms with Crippen molar-refractivity contribution >= 4 is 0 Å². The van der Waals surface area contributed by atoms with E-state index in [0.29, 0.717) is 18.0 Å². The molecular weight excluding hydrogens is 189 g/mol. The van der Waals surface area contributed by atoms with Crippen molar-refractivity contribution in [3.8, 4) is 0 Å². The van der Waals surface area contributed by atoms with E-state index in [1.165, 1.54) is 6.42 Å². The van der Waals surface area contributed by atoms with Crippen molar-refractivity contribution in [1.29, 1.82) is 0 Å². The molecule has 2 rings (SSSR count). The zero-order chi connectivity index (χ0) is 11.4. The number of rotatable bonds is 2. The molecule has 15 heavy (non-hydrogen) atoms. The van der Waals surface area contributed by atoms with Crippen molar-refractivity contribution in [2.24, 2.45) is 17.3 Å². The van der Waals surface area contributed by atoms with E-state index < -0.39 is 0 Å². The molecule has 0 bridgehead atoms. The quantitative estimate of drug-likeness (QED) is 0.681. The van der Waals surface area contributed by atoms with E-state index in [0.717, 1.165) is 5.92 Å². The van der Waals surface area contributed by atoms with Crippen LogP contribution in [0.25, 0.3) is 0 Å². The van der Waals surface area contributed by atoms with Crippen LogP contribution < -0.4 is 0 Å². The normalized spacial score (nSPS) is 41.0. The molecule has 1 saturated heterocycles. The summed E-state index contributed by atoms with van der Waals surface area (Å²) in [5, 5.41) is 0. The molecule has 0 radical (unpaired) electrons. The van der Waals surface area contributed by atoms with Gasteiger partial charge in [0.2, 0.25) is 0 Å². The fourth-order valence-corrected chi connectivity index (χ4v) is 3.68. The number of nitrogens with zero attached hydrogens (tertiary/aromatic N) is 1. The zero-order valence-electron chi connectivity index (χ0n) is 10.6. The van der Waals surface area contributed by atoms with Crippen LogP contribution in [-0.2, 0) is 0 Å². The molecule has 0 N–H and O–H groups in total. The maximum Gasteiger partial charge on any atom is 0.105 e. The summed E-state index contributed by atoms with van der Waals surface area (Å²) in [6, 6.07) is 1.27. The van der Waals surface area contributed by atoms with Gasteiger partial charge in [0, 0.05) is 18.1 Å². The average molecular weight is 213 g/mol. The molecule has 0 aromatic heterocycles. The van der Waals surface area contributed by atoms with Crippen LogP contribution in [0, 0.1) is 17.3 Å². The van der Waals surface area contributed by atoms with Crippen molar-refractivity contribution in [2.45, 2.75) is 59.2 Å². The maximum absolute atomic E-state index is 13.1. The molecule has 2 heteroatoms. The highest BCUT2D eigenvalue weighted by Crippen LogP contribution is 2.58. The molecule has 1 aliphatic heterocycles. The molecule has 1 aliphatic carbocycles. The second-order valence-corrected chi connectivity index (χ2v) is 6.64. The number of halogens is 1. The molecule has 1 unspecified atom stereocenters. The highest BCUT2D eigenvalue weighted by Gasteiger charge is 2.61. The Morgan fingerprint density at radius 2 is 1.87 bits per heavy atom. The first kappa shape index (κ1) is 11.4. The van der Waals surface area contributed by atoms with Crippen LogP contribution >= 0.6 is 0 Å². The van der Waals surface area contributed by atoms with Crippen LogP contribution in [0.4, 0.5) is 4.39 Å². The largest absolute Gasteiger partial charge is 0.291 e. The Labute approximate surface area is 93.0 Å². The minimum atomic E-state index is -0.161. The summed E-state index contributed by atoms with van der Waals surface area (Å²) < 4.78 is 13.1. The van der Waals surface area contributed by atoms with Crippen molar-refractivity contribution in [1.82, 2.24) is 4.90 Å². The first-order valence-corrected chi connectivity index (χ1v) is 6.21. The fourth-order valence-electron chi connectivity index (χ4n) is 3.68. The lowest BCUT2D eigenvalue weighted by Gasteiger charge is -2.42. The van der Waals surface area contributed by atoms with E-state index in [1.807, 2.05) is 0 Å². The number of hydrogen-bond acceptors (Lipinski definition) is 1. The van der Waals surface area contributed by atoms with Crippen molar-refractivity contribution < 1.29 is 4.39 Å². The summed E-state index contributed by atoms with van der Waals surface area (Å²) in [6.45, 7) is 11.1. The Kier molecular flexibility index (Phi) is 2.61. The summed E-state index contributed by atoms with van der Waals surface area (Å²) >= 11 is 0. The Balaban J connectivity index is 2.23. The predicted molar refractivity (Wildman–Crippen MR) is 61.6 cm³/mol. The third kappa shape index (κ3) is 1.71. The monoisotopic (exact) mass is 213 g/mol. The van der Waals surface area contributed by atoms with Gasteiger partial charge in [-0.3, -0.25) is 4.90 Å². The summed E-state index contributed by atoms with van der Waals surface area (Å²) in [6.07, 6.45) is 1.26. The smallest absolute Gasteiger partial charge is 0.105 e. The van der Waals surface area contributed by atoms with Crippen LogP contribution in [0.1, 0.15) is 41.0 Å². The number of likely N-dealkylation sites (tertiary alicyclic amines) is 1. The first-order chi connectivity index (χ1) is 6.88. The Bertz CT molecular complexity index is 243. The molecule has 2 aliphatic rings. The topological polar surface area (TPSA) is 3.24 Å². The van der Waals surface area contributed by atoms with Gasteiger partial charge in [0.25, 0.3) is 0 Å². The van der Waals surface area contributed by atoms with Gasteiger partial charge in [0.1, 0.15) is 6.67 Å². The highest BCUT2D eigenvalue weighted by molar-refractivity contribution is 5.13. The zero-order valence-corrected chi connectivity index (χ0v) is 10.6. The second-order valence-electron chi connectivity index (χ2n) is 6.64. The van der Waals surface area contributed by atoms with Crippen molar-refractivity contribution in [3.05, 3.63) is 0 Å². The van der Waals surface area contributed by atoms with Gasteiger partial charge in [-0.1, -0.05) is 20.8 Å².